The number of carbonyl (C=O) groups excluding carboxylic acids is 1. The predicted octanol–water partition coefficient (Wildman–Crippen LogP) is 0.0119. The van der Waals surface area contributed by atoms with E-state index in [-0.39, 0.29) is 22.4 Å². The third kappa shape index (κ3) is 3.69. The highest BCUT2D eigenvalue weighted by Crippen LogP contribution is 2.21. The fourth-order valence-corrected chi connectivity index (χ4v) is 2.10. The molecule has 0 spiro atoms. The van der Waals surface area contributed by atoms with Gasteiger partial charge in [-0.25, -0.2) is 0 Å². The molecule has 9 nitrogen and oxygen atoms in total. The molecule has 0 fully saturated rings. The lowest BCUT2D eigenvalue weighted by Crippen LogP contribution is -2.32. The lowest BCUT2D eigenvalue weighted by molar-refractivity contribution is -0.772. The summed E-state index contributed by atoms with van der Waals surface area (Å²) in [6.45, 7) is 0. The van der Waals surface area contributed by atoms with Crippen LogP contribution in [0.2, 0.25) is 0 Å². The number of hydrogen-bond donors (Lipinski definition) is 1. The number of non-ortho nitro benzene ring substituents is 1. The average Bonchev–Trinajstić information content (AvgIpc) is 2.76. The monoisotopic (exact) mass is 309 g/mol. The van der Waals surface area contributed by atoms with Crippen LogP contribution in [0.1, 0.15) is 0 Å². The second-order valence-corrected chi connectivity index (χ2v) is 4.81. The second kappa shape index (κ2) is 6.22. The molecule has 1 amide bonds. The number of aryl methyl sites for hydroxylation is 1. The number of anilines is 1. The van der Waals surface area contributed by atoms with Gasteiger partial charge >= 0.3 is 0 Å². The van der Waals surface area contributed by atoms with E-state index in [1.807, 2.05) is 0 Å². The SMILES string of the molecule is C[n+]1noc([O-])c1SCC(=O)Nc1[c-]cc([N+](=O)[O-])cc1. The van der Waals surface area contributed by atoms with Gasteiger partial charge in [0.2, 0.25) is 5.91 Å². The molecule has 0 aliphatic heterocycles. The van der Waals surface area contributed by atoms with Gasteiger partial charge in [-0.3, -0.25) is 14.9 Å². The molecule has 0 atom stereocenters. The molecule has 0 saturated heterocycles. The molecule has 1 heterocycles. The van der Waals surface area contributed by atoms with E-state index < -0.39 is 10.9 Å². The Labute approximate surface area is 122 Å². The molecular formula is C11H9N4O5S-. The van der Waals surface area contributed by atoms with E-state index in [0.717, 1.165) is 11.8 Å². The largest absolute Gasteiger partial charge is 0.538 e. The summed E-state index contributed by atoms with van der Waals surface area (Å²) in [5.41, 5.74) is 0.193. The molecule has 21 heavy (non-hydrogen) atoms. The van der Waals surface area contributed by atoms with Gasteiger partial charge in [-0.15, -0.1) is 6.07 Å². The molecule has 10 heteroatoms. The fourth-order valence-electron chi connectivity index (χ4n) is 1.39. The maximum absolute atomic E-state index is 11.7. The van der Waals surface area contributed by atoms with Crippen LogP contribution in [0.4, 0.5) is 11.4 Å². The Balaban J connectivity index is 1.91. The Morgan fingerprint density at radius 3 is 2.90 bits per heavy atom. The number of thioether (sulfide) groups is 1. The van der Waals surface area contributed by atoms with Crippen LogP contribution in [0.25, 0.3) is 0 Å². The average molecular weight is 309 g/mol. The molecule has 2 aromatic rings. The van der Waals surface area contributed by atoms with Crippen molar-refractivity contribution in [3.63, 3.8) is 0 Å². The minimum atomic E-state index is -0.614. The summed E-state index contributed by atoms with van der Waals surface area (Å²) < 4.78 is 5.65. The quantitative estimate of drug-likeness (QED) is 0.271. The summed E-state index contributed by atoms with van der Waals surface area (Å²) in [6, 6.07) is 6.38. The van der Waals surface area contributed by atoms with Crippen molar-refractivity contribution in [1.29, 1.82) is 0 Å². The number of hydrogen-bond acceptors (Lipinski definition) is 7. The minimum absolute atomic E-state index is 0.0326. The van der Waals surface area contributed by atoms with E-state index in [9.17, 15) is 20.0 Å². The Hall–Kier alpha value is -2.62. The Kier molecular flexibility index (Phi) is 4.38. The first-order valence-electron chi connectivity index (χ1n) is 5.59. The van der Waals surface area contributed by atoms with E-state index in [1.165, 1.54) is 29.9 Å². The first-order chi connectivity index (χ1) is 9.97. The van der Waals surface area contributed by atoms with Gasteiger partial charge in [0.25, 0.3) is 5.03 Å². The Morgan fingerprint density at radius 2 is 2.38 bits per heavy atom. The summed E-state index contributed by atoms with van der Waals surface area (Å²) in [5.74, 6) is -1.03. The predicted molar refractivity (Wildman–Crippen MR) is 68.4 cm³/mol. The Bertz CT molecular complexity index is 650. The van der Waals surface area contributed by atoms with Crippen molar-refractivity contribution in [2.24, 2.45) is 7.05 Å². The van der Waals surface area contributed by atoms with Crippen LogP contribution < -0.4 is 15.1 Å². The number of nitro groups is 1. The molecule has 0 unspecified atom stereocenters. The lowest BCUT2D eigenvalue weighted by Gasteiger charge is -2.09. The smallest absolute Gasteiger partial charge is 0.291 e. The zero-order valence-electron chi connectivity index (χ0n) is 10.7. The van der Waals surface area contributed by atoms with Gasteiger partial charge < -0.3 is 14.9 Å². The number of amides is 1. The summed E-state index contributed by atoms with van der Waals surface area (Å²) in [4.78, 5) is 21.6. The first-order valence-corrected chi connectivity index (χ1v) is 6.57. The van der Waals surface area contributed by atoms with Crippen molar-refractivity contribution in [2.75, 3.05) is 11.1 Å². The van der Waals surface area contributed by atoms with Crippen molar-refractivity contribution in [1.82, 2.24) is 5.27 Å². The van der Waals surface area contributed by atoms with E-state index in [0.29, 0.717) is 5.69 Å². The number of carbonyl (C=O) groups is 1. The van der Waals surface area contributed by atoms with Crippen LogP contribution in [-0.4, -0.2) is 21.9 Å². The van der Waals surface area contributed by atoms with Crippen molar-refractivity contribution in [3.05, 3.63) is 34.4 Å². The Morgan fingerprint density at radius 1 is 1.62 bits per heavy atom. The topological polar surface area (TPSA) is 125 Å². The molecule has 0 bridgehead atoms. The third-order valence-electron chi connectivity index (χ3n) is 2.34. The van der Waals surface area contributed by atoms with Crippen LogP contribution in [0.5, 0.6) is 5.95 Å². The fraction of sp³-hybridized carbons (Fsp3) is 0.182. The van der Waals surface area contributed by atoms with Gasteiger partial charge in [0.1, 0.15) is 0 Å². The van der Waals surface area contributed by atoms with E-state index in [1.54, 1.807) is 0 Å². The maximum Gasteiger partial charge on any atom is 0.291 e. The highest BCUT2D eigenvalue weighted by molar-refractivity contribution is 7.99. The number of aromatic nitrogens is 2. The van der Waals surface area contributed by atoms with Gasteiger partial charge in [-0.05, 0) is 11.8 Å². The van der Waals surface area contributed by atoms with Crippen LogP contribution in [0.3, 0.4) is 0 Å². The van der Waals surface area contributed by atoms with Crippen molar-refractivity contribution < 1.29 is 24.0 Å². The number of benzene rings is 1. The zero-order valence-corrected chi connectivity index (χ0v) is 11.5. The zero-order chi connectivity index (χ0) is 15.4. The summed E-state index contributed by atoms with van der Waals surface area (Å²) in [6.07, 6.45) is 0. The number of nitro benzene ring substituents is 1. The molecule has 1 N–H and O–H groups in total. The van der Waals surface area contributed by atoms with E-state index in [2.05, 4.69) is 21.2 Å². The van der Waals surface area contributed by atoms with Gasteiger partial charge in [0, 0.05) is 4.92 Å². The molecule has 0 aliphatic carbocycles. The molecular weight excluding hydrogens is 300 g/mol. The van der Waals surface area contributed by atoms with Crippen LogP contribution in [0, 0.1) is 16.2 Å². The molecule has 1 aromatic carbocycles. The number of rotatable bonds is 5. The third-order valence-corrected chi connectivity index (χ3v) is 3.45. The molecule has 110 valence electrons. The molecule has 1 aromatic heterocycles. The van der Waals surface area contributed by atoms with E-state index >= 15 is 0 Å². The van der Waals surface area contributed by atoms with Gasteiger partial charge in [0.15, 0.2) is 18.7 Å². The molecule has 0 aliphatic rings. The van der Waals surface area contributed by atoms with Crippen molar-refractivity contribution in [2.45, 2.75) is 5.03 Å². The van der Waals surface area contributed by atoms with Crippen molar-refractivity contribution in [3.8, 4) is 5.95 Å². The lowest BCUT2D eigenvalue weighted by atomic mass is 10.3. The highest BCUT2D eigenvalue weighted by Gasteiger charge is 2.15. The van der Waals surface area contributed by atoms with Crippen molar-refractivity contribution >= 4 is 29.0 Å². The maximum atomic E-state index is 11.7. The van der Waals surface area contributed by atoms with Gasteiger partial charge in [0.05, 0.1) is 11.0 Å². The number of nitrogens with zero attached hydrogens (tertiary/aromatic N) is 3. The van der Waals surface area contributed by atoms with E-state index in [4.69, 9.17) is 0 Å². The normalized spacial score (nSPS) is 10.3. The van der Waals surface area contributed by atoms with Crippen LogP contribution in [0.15, 0.2) is 27.7 Å². The molecule has 0 radical (unpaired) electrons. The van der Waals surface area contributed by atoms with Gasteiger partial charge in [-0.2, -0.15) is 6.07 Å². The van der Waals surface area contributed by atoms with Crippen LogP contribution >= 0.6 is 11.8 Å². The molecule has 0 saturated carbocycles. The summed E-state index contributed by atoms with van der Waals surface area (Å²) in [5, 5.41) is 27.8. The summed E-state index contributed by atoms with van der Waals surface area (Å²) >= 11 is 0.976. The summed E-state index contributed by atoms with van der Waals surface area (Å²) in [7, 11) is 1.52. The van der Waals surface area contributed by atoms with Crippen LogP contribution in [-0.2, 0) is 11.8 Å². The number of nitrogens with one attached hydrogen (secondary N) is 1. The molecule has 2 rings (SSSR count). The second-order valence-electron chi connectivity index (χ2n) is 3.84. The standard InChI is InChI=1S/C11H10N4O5S/c1-14-10(11(17)20-13-14)21-6-9(16)12-7-2-4-8(5-3-7)15(18)19/h2,4-5,17H,6H2,1H3,(H,12,16)/p-1. The first kappa shape index (κ1) is 14.8. The minimum Gasteiger partial charge on any atom is -0.538 e. The van der Waals surface area contributed by atoms with Gasteiger partial charge in [-0.1, -0.05) is 22.5 Å². The highest BCUT2D eigenvalue weighted by atomic mass is 32.2.